The molecule has 0 aliphatic carbocycles. The average Bonchev–Trinajstić information content (AvgIpc) is 3.31. The fraction of sp³-hybridized carbons (Fsp3) is 0.308. The number of benzene rings is 2. The summed E-state index contributed by atoms with van der Waals surface area (Å²) in [6.45, 7) is 5.01. The molecular weight excluding hydrogens is 436 g/mol. The second-order valence-corrected chi connectivity index (χ2v) is 8.56. The lowest BCUT2D eigenvalue weighted by molar-refractivity contribution is -0.119. The van der Waals surface area contributed by atoms with E-state index in [2.05, 4.69) is 16.8 Å². The van der Waals surface area contributed by atoms with Crippen molar-refractivity contribution in [3.8, 4) is 5.69 Å². The monoisotopic (exact) mass is 464 g/mol. The Balaban J connectivity index is 1.76. The largest absolute Gasteiger partial charge is 0.338 e. The first-order valence-corrected chi connectivity index (χ1v) is 11.8. The minimum atomic E-state index is -0.332. The van der Waals surface area contributed by atoms with Crippen LogP contribution in [0.5, 0.6) is 0 Å². The third-order valence-electron chi connectivity index (χ3n) is 5.90. The van der Waals surface area contributed by atoms with E-state index in [-0.39, 0.29) is 24.5 Å². The summed E-state index contributed by atoms with van der Waals surface area (Å²) in [5, 5.41) is 3.48. The van der Waals surface area contributed by atoms with Gasteiger partial charge < -0.3 is 14.8 Å². The molecule has 33 heavy (non-hydrogen) atoms. The average molecular weight is 465 g/mol. The summed E-state index contributed by atoms with van der Waals surface area (Å²) in [5.74, 6) is -0.128. The van der Waals surface area contributed by atoms with Crippen molar-refractivity contribution in [1.82, 2.24) is 14.8 Å². The van der Waals surface area contributed by atoms with E-state index >= 15 is 0 Å². The third-order valence-corrected chi connectivity index (χ3v) is 6.15. The molecule has 1 atom stereocenters. The Hall–Kier alpha value is -3.25. The van der Waals surface area contributed by atoms with E-state index < -0.39 is 0 Å². The molecule has 3 aromatic rings. The Morgan fingerprint density at radius 3 is 2.42 bits per heavy atom. The second kappa shape index (κ2) is 10.1. The highest BCUT2D eigenvalue weighted by molar-refractivity contribution is 6.30. The molecule has 6 nitrogen and oxygen atoms in total. The number of nitrogens with one attached hydrogen (secondary N) is 1. The zero-order valence-electron chi connectivity index (χ0n) is 19.0. The fourth-order valence-corrected chi connectivity index (χ4v) is 4.45. The van der Waals surface area contributed by atoms with Crippen molar-refractivity contribution in [2.24, 2.45) is 0 Å². The van der Waals surface area contributed by atoms with Crippen LogP contribution in [0.15, 0.2) is 66.9 Å². The third kappa shape index (κ3) is 4.62. The van der Waals surface area contributed by atoms with Crippen molar-refractivity contribution < 1.29 is 9.59 Å². The molecule has 172 valence electrons. The van der Waals surface area contributed by atoms with Crippen LogP contribution < -0.4 is 10.2 Å². The Morgan fingerprint density at radius 1 is 1.00 bits per heavy atom. The van der Waals surface area contributed by atoms with E-state index in [1.807, 2.05) is 78.7 Å². The highest BCUT2D eigenvalue weighted by Gasteiger charge is 2.36. The smallest absolute Gasteiger partial charge is 0.317 e. The predicted octanol–water partition coefficient (Wildman–Crippen LogP) is 5.40. The van der Waals surface area contributed by atoms with Crippen LogP contribution in [0.1, 0.15) is 44.0 Å². The van der Waals surface area contributed by atoms with E-state index in [1.54, 1.807) is 4.90 Å². The molecule has 2 aromatic carbocycles. The van der Waals surface area contributed by atoms with Gasteiger partial charge in [0.2, 0.25) is 5.91 Å². The summed E-state index contributed by atoms with van der Waals surface area (Å²) in [6.07, 6.45) is 3.79. The summed E-state index contributed by atoms with van der Waals surface area (Å²) in [5.41, 5.74) is 3.70. The molecule has 1 aliphatic heterocycles. The molecule has 1 N–H and O–H groups in total. The van der Waals surface area contributed by atoms with Crippen LogP contribution >= 0.6 is 11.6 Å². The van der Waals surface area contributed by atoms with Crippen molar-refractivity contribution in [1.29, 1.82) is 0 Å². The van der Waals surface area contributed by atoms with Gasteiger partial charge >= 0.3 is 6.03 Å². The molecule has 1 aliphatic rings. The Morgan fingerprint density at radius 2 is 1.73 bits per heavy atom. The number of rotatable bonds is 7. The number of nitrogens with zero attached hydrogens (tertiary/aromatic N) is 3. The SMILES string of the molecule is CCCCN(CC(=O)N1c2ccccc2-n2cccc2C1c1ccc(Cl)cc1)C(=O)NCC. The minimum absolute atomic E-state index is 0.00493. The van der Waals surface area contributed by atoms with Crippen LogP contribution in [0, 0.1) is 0 Å². The first-order chi connectivity index (χ1) is 16.0. The number of amides is 3. The van der Waals surface area contributed by atoms with Gasteiger partial charge in [0.25, 0.3) is 0 Å². The molecule has 4 rings (SSSR count). The van der Waals surface area contributed by atoms with Crippen molar-refractivity contribution in [3.63, 3.8) is 0 Å². The summed E-state index contributed by atoms with van der Waals surface area (Å²) in [6, 6.07) is 19.0. The molecule has 0 spiro atoms. The van der Waals surface area contributed by atoms with Gasteiger partial charge in [-0.3, -0.25) is 9.69 Å². The molecule has 0 saturated heterocycles. The number of carbonyl (C=O) groups is 2. The molecule has 0 bridgehead atoms. The van der Waals surface area contributed by atoms with E-state index in [1.165, 1.54) is 0 Å². The number of unbranched alkanes of at least 4 members (excludes halogenated alkanes) is 1. The Kier molecular flexibility index (Phi) is 7.04. The Labute approximate surface area is 199 Å². The zero-order valence-corrected chi connectivity index (χ0v) is 19.8. The van der Waals surface area contributed by atoms with Gasteiger partial charge in [0, 0.05) is 24.3 Å². The van der Waals surface area contributed by atoms with Crippen LogP contribution in [0.3, 0.4) is 0 Å². The topological polar surface area (TPSA) is 57.6 Å². The van der Waals surface area contributed by atoms with Crippen molar-refractivity contribution >= 4 is 29.2 Å². The van der Waals surface area contributed by atoms with Crippen molar-refractivity contribution in [2.75, 3.05) is 24.5 Å². The van der Waals surface area contributed by atoms with Crippen LogP contribution in [-0.2, 0) is 4.79 Å². The van der Waals surface area contributed by atoms with Crippen LogP contribution in [0.4, 0.5) is 10.5 Å². The summed E-state index contributed by atoms with van der Waals surface area (Å²) in [4.78, 5) is 30.0. The lowest BCUT2D eigenvalue weighted by Crippen LogP contribution is -2.49. The summed E-state index contributed by atoms with van der Waals surface area (Å²) in [7, 11) is 0. The summed E-state index contributed by atoms with van der Waals surface area (Å²) < 4.78 is 2.12. The lowest BCUT2D eigenvalue weighted by atomic mass is 9.97. The number of urea groups is 1. The maximum Gasteiger partial charge on any atom is 0.317 e. The van der Waals surface area contributed by atoms with E-state index in [4.69, 9.17) is 11.6 Å². The number of aromatic nitrogens is 1. The van der Waals surface area contributed by atoms with Gasteiger partial charge in [-0.1, -0.05) is 49.2 Å². The standard InChI is InChI=1S/C26H29ClN4O2/c1-3-5-16-29(26(33)28-4-2)18-24(32)31-22-10-7-6-9-21(22)30-17-8-11-23(30)25(31)19-12-14-20(27)15-13-19/h6-15,17,25H,3-5,16,18H2,1-2H3,(H,28,33). The molecular formula is C26H29ClN4O2. The van der Waals surface area contributed by atoms with Gasteiger partial charge in [-0.2, -0.15) is 0 Å². The molecule has 1 unspecified atom stereocenters. The van der Waals surface area contributed by atoms with Crippen molar-refractivity contribution in [2.45, 2.75) is 32.7 Å². The predicted molar refractivity (Wildman–Crippen MR) is 132 cm³/mol. The summed E-state index contributed by atoms with van der Waals surface area (Å²) >= 11 is 6.15. The quantitative estimate of drug-likeness (QED) is 0.509. The van der Waals surface area contributed by atoms with E-state index in [0.29, 0.717) is 18.1 Å². The maximum atomic E-state index is 13.9. The van der Waals surface area contributed by atoms with Gasteiger partial charge in [0.1, 0.15) is 12.6 Å². The molecule has 7 heteroatoms. The number of carbonyl (C=O) groups excluding carboxylic acids is 2. The molecule has 3 amide bonds. The normalized spacial score (nSPS) is 14.4. The second-order valence-electron chi connectivity index (χ2n) is 8.12. The van der Waals surface area contributed by atoms with E-state index in [0.717, 1.165) is 35.5 Å². The van der Waals surface area contributed by atoms with Gasteiger partial charge in [0.05, 0.1) is 17.1 Å². The van der Waals surface area contributed by atoms with Crippen LogP contribution in [0.25, 0.3) is 5.69 Å². The highest BCUT2D eigenvalue weighted by Crippen LogP contribution is 2.42. The fourth-order valence-electron chi connectivity index (χ4n) is 4.33. The van der Waals surface area contributed by atoms with Crippen LogP contribution in [0.2, 0.25) is 5.02 Å². The molecule has 0 radical (unpaired) electrons. The highest BCUT2D eigenvalue weighted by atomic mass is 35.5. The number of hydrogen-bond acceptors (Lipinski definition) is 2. The van der Waals surface area contributed by atoms with Gasteiger partial charge in [0.15, 0.2) is 0 Å². The van der Waals surface area contributed by atoms with Crippen LogP contribution in [-0.4, -0.2) is 41.0 Å². The van der Waals surface area contributed by atoms with Gasteiger partial charge in [-0.25, -0.2) is 4.79 Å². The van der Waals surface area contributed by atoms with Gasteiger partial charge in [-0.05, 0) is 55.3 Å². The lowest BCUT2D eigenvalue weighted by Gasteiger charge is -2.39. The number of fused-ring (bicyclic) bond motifs is 3. The minimum Gasteiger partial charge on any atom is -0.338 e. The first-order valence-electron chi connectivity index (χ1n) is 11.4. The number of anilines is 1. The number of para-hydroxylation sites is 2. The molecule has 0 saturated carbocycles. The molecule has 0 fully saturated rings. The Bertz CT molecular complexity index is 1130. The zero-order chi connectivity index (χ0) is 23.4. The number of hydrogen-bond donors (Lipinski definition) is 1. The first kappa shape index (κ1) is 22.9. The molecule has 1 aromatic heterocycles. The van der Waals surface area contributed by atoms with Crippen molar-refractivity contribution in [3.05, 3.63) is 83.1 Å². The number of halogens is 1. The van der Waals surface area contributed by atoms with E-state index in [9.17, 15) is 9.59 Å². The van der Waals surface area contributed by atoms with Gasteiger partial charge in [-0.15, -0.1) is 0 Å². The molecule has 2 heterocycles. The maximum absolute atomic E-state index is 13.9.